The minimum atomic E-state index is -0.110. The summed E-state index contributed by atoms with van der Waals surface area (Å²) in [5.74, 6) is -0.110. The van der Waals surface area contributed by atoms with E-state index in [9.17, 15) is 4.79 Å². The predicted octanol–water partition coefficient (Wildman–Crippen LogP) is 4.53. The molecule has 21 heavy (non-hydrogen) atoms. The van der Waals surface area contributed by atoms with Crippen molar-refractivity contribution in [2.24, 2.45) is 0 Å². The maximum absolute atomic E-state index is 11.6. The van der Waals surface area contributed by atoms with Crippen molar-refractivity contribution in [1.29, 1.82) is 0 Å². The smallest absolute Gasteiger partial charge is 0.251 e. The molecule has 0 aliphatic carbocycles. The van der Waals surface area contributed by atoms with Crippen molar-refractivity contribution < 1.29 is 4.79 Å². The maximum Gasteiger partial charge on any atom is 0.251 e. The molecule has 0 bridgehead atoms. The van der Waals surface area contributed by atoms with Crippen molar-refractivity contribution in [3.8, 4) is 0 Å². The summed E-state index contributed by atoms with van der Waals surface area (Å²) in [5.41, 5.74) is 2.51. The Hall–Kier alpha value is -1.71. The minimum absolute atomic E-state index is 0.0414. The van der Waals surface area contributed by atoms with Gasteiger partial charge in [-0.2, -0.15) is 0 Å². The van der Waals surface area contributed by atoms with Gasteiger partial charge in [-0.05, 0) is 42.8 Å². The van der Waals surface area contributed by atoms with Gasteiger partial charge in [-0.15, -0.1) is 0 Å². The first-order chi connectivity index (χ1) is 10.0. The molecule has 110 valence electrons. The molecule has 0 heterocycles. The molecule has 1 amide bonds. The van der Waals surface area contributed by atoms with E-state index in [1.165, 1.54) is 0 Å². The highest BCUT2D eigenvalue weighted by molar-refractivity contribution is 6.42. The largest absolute Gasteiger partial charge is 0.379 e. The van der Waals surface area contributed by atoms with E-state index in [0.29, 0.717) is 15.6 Å². The molecule has 2 aromatic carbocycles. The van der Waals surface area contributed by atoms with E-state index >= 15 is 0 Å². The lowest BCUT2D eigenvalue weighted by molar-refractivity contribution is 0.0963. The van der Waals surface area contributed by atoms with E-state index in [4.69, 9.17) is 23.2 Å². The van der Waals surface area contributed by atoms with Crippen LogP contribution >= 0.6 is 23.2 Å². The lowest BCUT2D eigenvalue weighted by Crippen LogP contribution is -2.18. The number of halogens is 2. The fourth-order valence-electron chi connectivity index (χ4n) is 2.01. The van der Waals surface area contributed by atoms with E-state index in [0.717, 1.165) is 11.3 Å². The minimum Gasteiger partial charge on any atom is -0.379 e. The first-order valence-electron chi connectivity index (χ1n) is 6.55. The van der Waals surface area contributed by atoms with Crippen LogP contribution in [0.25, 0.3) is 0 Å². The molecule has 0 saturated carbocycles. The first-order valence-corrected chi connectivity index (χ1v) is 7.30. The summed E-state index contributed by atoms with van der Waals surface area (Å²) in [5, 5.41) is 7.02. The van der Waals surface area contributed by atoms with Crippen molar-refractivity contribution >= 4 is 34.8 Å². The highest BCUT2D eigenvalue weighted by Crippen LogP contribution is 2.27. The molecule has 0 radical (unpaired) electrons. The molecule has 2 rings (SSSR count). The average molecular weight is 323 g/mol. The average Bonchev–Trinajstić information content (AvgIpc) is 2.49. The van der Waals surface area contributed by atoms with Gasteiger partial charge in [0.05, 0.1) is 10.0 Å². The Kier molecular flexibility index (Phi) is 5.10. The SMILES string of the molecule is CNC(=O)c1cccc(NC(C)c2ccc(Cl)c(Cl)c2)c1. The van der Waals surface area contributed by atoms with Gasteiger partial charge in [-0.25, -0.2) is 0 Å². The normalized spacial score (nSPS) is 11.8. The van der Waals surface area contributed by atoms with Gasteiger partial charge < -0.3 is 10.6 Å². The van der Waals surface area contributed by atoms with Crippen LogP contribution in [0.15, 0.2) is 42.5 Å². The number of benzene rings is 2. The number of carbonyl (C=O) groups excluding carboxylic acids is 1. The van der Waals surface area contributed by atoms with E-state index in [1.54, 1.807) is 19.2 Å². The second-order valence-electron chi connectivity index (χ2n) is 4.70. The van der Waals surface area contributed by atoms with E-state index in [2.05, 4.69) is 10.6 Å². The molecule has 3 nitrogen and oxygen atoms in total. The summed E-state index contributed by atoms with van der Waals surface area (Å²) in [7, 11) is 1.61. The molecular weight excluding hydrogens is 307 g/mol. The van der Waals surface area contributed by atoms with Crippen LogP contribution in [0.1, 0.15) is 28.9 Å². The molecule has 0 fully saturated rings. The predicted molar refractivity (Wildman–Crippen MR) is 88.3 cm³/mol. The Morgan fingerprint density at radius 2 is 1.86 bits per heavy atom. The lowest BCUT2D eigenvalue weighted by atomic mass is 10.1. The molecule has 0 aliphatic heterocycles. The van der Waals surface area contributed by atoms with Crippen molar-refractivity contribution in [1.82, 2.24) is 5.32 Å². The number of amides is 1. The molecule has 1 unspecified atom stereocenters. The van der Waals surface area contributed by atoms with Gasteiger partial charge in [-0.1, -0.05) is 35.3 Å². The molecule has 0 saturated heterocycles. The molecule has 5 heteroatoms. The summed E-state index contributed by atoms with van der Waals surface area (Å²) < 4.78 is 0. The molecule has 0 spiro atoms. The fraction of sp³-hybridized carbons (Fsp3) is 0.188. The van der Waals surface area contributed by atoms with Gasteiger partial charge >= 0.3 is 0 Å². The third-order valence-corrected chi connectivity index (χ3v) is 3.92. The topological polar surface area (TPSA) is 41.1 Å². The molecule has 0 aliphatic rings. The van der Waals surface area contributed by atoms with Crippen LogP contribution in [0.3, 0.4) is 0 Å². The van der Waals surface area contributed by atoms with Crippen molar-refractivity contribution in [2.75, 3.05) is 12.4 Å². The highest BCUT2D eigenvalue weighted by atomic mass is 35.5. The van der Waals surface area contributed by atoms with Crippen molar-refractivity contribution in [2.45, 2.75) is 13.0 Å². The second-order valence-corrected chi connectivity index (χ2v) is 5.51. The van der Waals surface area contributed by atoms with E-state index in [1.807, 2.05) is 37.3 Å². The molecular formula is C16H16Cl2N2O. The summed E-state index contributed by atoms with van der Waals surface area (Å²) in [6.45, 7) is 2.02. The Morgan fingerprint density at radius 3 is 2.52 bits per heavy atom. The number of nitrogens with one attached hydrogen (secondary N) is 2. The third-order valence-electron chi connectivity index (χ3n) is 3.18. The Labute approximate surface area is 134 Å². The van der Waals surface area contributed by atoms with Crippen LogP contribution in [0, 0.1) is 0 Å². The Morgan fingerprint density at radius 1 is 1.10 bits per heavy atom. The number of hydrogen-bond donors (Lipinski definition) is 2. The Bertz CT molecular complexity index is 658. The van der Waals surface area contributed by atoms with Crippen LogP contribution in [0.4, 0.5) is 5.69 Å². The van der Waals surface area contributed by atoms with Gasteiger partial charge in [0.1, 0.15) is 0 Å². The van der Waals surface area contributed by atoms with Crippen LogP contribution in [-0.4, -0.2) is 13.0 Å². The van der Waals surface area contributed by atoms with Crippen LogP contribution < -0.4 is 10.6 Å². The summed E-state index contributed by atoms with van der Waals surface area (Å²) in [4.78, 5) is 11.6. The standard InChI is InChI=1S/C16H16Cl2N2O/c1-10(11-6-7-14(17)15(18)9-11)20-13-5-3-4-12(8-13)16(21)19-2/h3-10,20H,1-2H3,(H,19,21). The lowest BCUT2D eigenvalue weighted by Gasteiger charge is -2.17. The van der Waals surface area contributed by atoms with Crippen LogP contribution in [0.5, 0.6) is 0 Å². The third kappa shape index (κ3) is 3.90. The van der Waals surface area contributed by atoms with Crippen LogP contribution in [-0.2, 0) is 0 Å². The van der Waals surface area contributed by atoms with Crippen molar-refractivity contribution in [3.63, 3.8) is 0 Å². The fourth-order valence-corrected chi connectivity index (χ4v) is 2.32. The zero-order chi connectivity index (χ0) is 15.4. The summed E-state index contributed by atoms with van der Waals surface area (Å²) in [6.07, 6.45) is 0. The number of anilines is 1. The summed E-state index contributed by atoms with van der Waals surface area (Å²) >= 11 is 12.0. The summed E-state index contributed by atoms with van der Waals surface area (Å²) in [6, 6.07) is 12.9. The van der Waals surface area contributed by atoms with E-state index in [-0.39, 0.29) is 11.9 Å². The maximum atomic E-state index is 11.6. The van der Waals surface area contributed by atoms with Gasteiger partial charge in [0.25, 0.3) is 5.91 Å². The molecule has 0 aromatic heterocycles. The second kappa shape index (κ2) is 6.83. The zero-order valence-electron chi connectivity index (χ0n) is 11.8. The first kappa shape index (κ1) is 15.7. The van der Waals surface area contributed by atoms with Gasteiger partial charge in [0.15, 0.2) is 0 Å². The van der Waals surface area contributed by atoms with Gasteiger partial charge in [0.2, 0.25) is 0 Å². The monoisotopic (exact) mass is 322 g/mol. The van der Waals surface area contributed by atoms with E-state index < -0.39 is 0 Å². The molecule has 1 atom stereocenters. The van der Waals surface area contributed by atoms with Gasteiger partial charge in [-0.3, -0.25) is 4.79 Å². The quantitative estimate of drug-likeness (QED) is 0.868. The van der Waals surface area contributed by atoms with Crippen LogP contribution in [0.2, 0.25) is 10.0 Å². The van der Waals surface area contributed by atoms with Crippen molar-refractivity contribution in [3.05, 3.63) is 63.6 Å². The zero-order valence-corrected chi connectivity index (χ0v) is 13.3. The molecule has 2 N–H and O–H groups in total. The number of rotatable bonds is 4. The number of carbonyl (C=O) groups is 1. The molecule has 2 aromatic rings. The van der Waals surface area contributed by atoms with Gasteiger partial charge in [0, 0.05) is 24.3 Å². The Balaban J connectivity index is 2.17. The highest BCUT2D eigenvalue weighted by Gasteiger charge is 2.09. The number of hydrogen-bond acceptors (Lipinski definition) is 2.